The van der Waals surface area contributed by atoms with Crippen LogP contribution in [0.5, 0.6) is 0 Å². The molecule has 0 spiro atoms. The Morgan fingerprint density at radius 1 is 1.23 bits per heavy atom. The molecule has 0 bridgehead atoms. The van der Waals surface area contributed by atoms with Gasteiger partial charge in [0.2, 0.25) is 0 Å². The molecule has 40 heavy (non-hydrogen) atoms. The summed E-state index contributed by atoms with van der Waals surface area (Å²) in [6.45, 7) is 7.50. The maximum atomic E-state index is 12.9. The van der Waals surface area contributed by atoms with Gasteiger partial charge >= 0.3 is 5.97 Å². The van der Waals surface area contributed by atoms with Crippen molar-refractivity contribution in [3.8, 4) is 17.2 Å². The normalized spacial score (nSPS) is 13.6. The van der Waals surface area contributed by atoms with Gasteiger partial charge in [0.15, 0.2) is 5.69 Å². The van der Waals surface area contributed by atoms with E-state index in [0.717, 1.165) is 48.7 Å². The van der Waals surface area contributed by atoms with Crippen molar-refractivity contribution in [2.75, 3.05) is 48.9 Å². The third kappa shape index (κ3) is 6.40. The van der Waals surface area contributed by atoms with Gasteiger partial charge in [-0.1, -0.05) is 19.9 Å². The Morgan fingerprint density at radius 2 is 1.98 bits per heavy atom. The van der Waals surface area contributed by atoms with Crippen molar-refractivity contribution in [3.63, 3.8) is 0 Å². The molecule has 0 saturated carbocycles. The van der Waals surface area contributed by atoms with Crippen LogP contribution < -0.4 is 15.1 Å². The maximum Gasteiger partial charge on any atom is 0.357 e. The minimum absolute atomic E-state index is 0.0867. The minimum Gasteiger partial charge on any atom is -0.461 e. The first-order chi connectivity index (χ1) is 19.2. The molecule has 1 aromatic carbocycles. The Balaban J connectivity index is 1.81. The number of aromatic nitrogens is 2. The average Bonchev–Trinajstić information content (AvgIpc) is 2.96. The Labute approximate surface area is 236 Å². The van der Waals surface area contributed by atoms with Crippen molar-refractivity contribution in [1.29, 1.82) is 10.7 Å². The molecule has 4 rings (SSSR count). The summed E-state index contributed by atoms with van der Waals surface area (Å²) in [6, 6.07) is 15.9. The van der Waals surface area contributed by atoms with E-state index in [0.29, 0.717) is 22.7 Å². The highest BCUT2D eigenvalue weighted by molar-refractivity contribution is 6.10. The summed E-state index contributed by atoms with van der Waals surface area (Å²) in [5.41, 5.74) is 4.42. The van der Waals surface area contributed by atoms with Crippen LogP contribution in [0.25, 0.3) is 11.1 Å². The number of carbonyl (C=O) groups is 1. The second kappa shape index (κ2) is 12.6. The van der Waals surface area contributed by atoms with Gasteiger partial charge in [-0.3, -0.25) is 0 Å². The van der Waals surface area contributed by atoms with Crippen molar-refractivity contribution in [2.45, 2.75) is 33.6 Å². The minimum atomic E-state index is -0.526. The molecule has 9 heteroatoms. The molecule has 1 saturated heterocycles. The summed E-state index contributed by atoms with van der Waals surface area (Å²) < 4.78 is 5.30. The molecule has 3 aromatic rings. The van der Waals surface area contributed by atoms with Crippen LogP contribution in [-0.2, 0) is 4.74 Å². The molecule has 2 N–H and O–H groups in total. The van der Waals surface area contributed by atoms with Gasteiger partial charge in [0.25, 0.3) is 0 Å². The summed E-state index contributed by atoms with van der Waals surface area (Å²) in [5.74, 6) is 0.747. The molecule has 0 aliphatic carbocycles. The zero-order chi connectivity index (χ0) is 28.8. The van der Waals surface area contributed by atoms with E-state index in [9.17, 15) is 10.1 Å². The lowest BCUT2D eigenvalue weighted by molar-refractivity contribution is 0.0519. The number of anilines is 4. The van der Waals surface area contributed by atoms with Gasteiger partial charge in [0.1, 0.15) is 11.6 Å². The molecule has 0 radical (unpaired) electrons. The lowest BCUT2D eigenvalue weighted by Crippen LogP contribution is -2.33. The number of benzene rings is 1. The molecular weight excluding hydrogens is 502 g/mol. The van der Waals surface area contributed by atoms with Crippen molar-refractivity contribution in [2.24, 2.45) is 11.8 Å². The van der Waals surface area contributed by atoms with Crippen LogP contribution in [0.3, 0.4) is 0 Å². The van der Waals surface area contributed by atoms with Gasteiger partial charge in [0, 0.05) is 67.5 Å². The van der Waals surface area contributed by atoms with Crippen molar-refractivity contribution >= 4 is 34.7 Å². The lowest BCUT2D eigenvalue weighted by Gasteiger charge is -2.30. The number of esters is 1. The van der Waals surface area contributed by atoms with Crippen LogP contribution in [0.2, 0.25) is 0 Å². The number of hydrogen-bond acceptors (Lipinski definition) is 9. The first kappa shape index (κ1) is 28.6. The summed E-state index contributed by atoms with van der Waals surface area (Å²) >= 11 is 0. The van der Waals surface area contributed by atoms with Crippen LogP contribution in [0, 0.1) is 28.6 Å². The van der Waals surface area contributed by atoms with E-state index >= 15 is 0 Å². The fourth-order valence-electron chi connectivity index (χ4n) is 4.70. The van der Waals surface area contributed by atoms with E-state index in [1.54, 1.807) is 19.2 Å². The SMILES string of the molecule is CCOC(=O)c1cc(-c2ccc(N3CCC(C#N)CC3)nc2)c(C(=N)C(C)C)c(Nc2cccc(N(C)C)c2)n1. The zero-order valence-corrected chi connectivity index (χ0v) is 23.9. The van der Waals surface area contributed by atoms with Crippen LogP contribution in [0.4, 0.5) is 23.0 Å². The van der Waals surface area contributed by atoms with Gasteiger partial charge in [-0.2, -0.15) is 5.26 Å². The highest BCUT2D eigenvalue weighted by atomic mass is 16.5. The van der Waals surface area contributed by atoms with Crippen molar-refractivity contribution in [1.82, 2.24) is 9.97 Å². The number of ether oxygens (including phenoxy) is 1. The van der Waals surface area contributed by atoms with E-state index in [-0.39, 0.29) is 24.1 Å². The van der Waals surface area contributed by atoms with Crippen LogP contribution in [-0.4, -0.2) is 55.4 Å². The van der Waals surface area contributed by atoms with Gasteiger partial charge in [-0.05, 0) is 67.6 Å². The zero-order valence-electron chi connectivity index (χ0n) is 23.9. The van der Waals surface area contributed by atoms with E-state index in [2.05, 4.69) is 21.3 Å². The Kier molecular flexibility index (Phi) is 9.00. The molecule has 0 amide bonds. The Morgan fingerprint density at radius 3 is 2.58 bits per heavy atom. The molecule has 2 aromatic heterocycles. The Hall–Kier alpha value is -4.45. The van der Waals surface area contributed by atoms with Crippen LogP contribution in [0.15, 0.2) is 48.7 Å². The average molecular weight is 540 g/mol. The molecule has 208 valence electrons. The second-order valence-corrected chi connectivity index (χ2v) is 10.4. The number of carbonyl (C=O) groups excluding carboxylic acids is 1. The Bertz CT molecular complexity index is 1400. The number of pyridine rings is 2. The predicted octanol–water partition coefficient (Wildman–Crippen LogP) is 5.89. The largest absolute Gasteiger partial charge is 0.461 e. The smallest absolute Gasteiger partial charge is 0.357 e. The van der Waals surface area contributed by atoms with Gasteiger partial charge in [-0.15, -0.1) is 0 Å². The predicted molar refractivity (Wildman–Crippen MR) is 160 cm³/mol. The van der Waals surface area contributed by atoms with Crippen LogP contribution in [0.1, 0.15) is 49.7 Å². The van der Waals surface area contributed by atoms with Gasteiger partial charge in [-0.25, -0.2) is 14.8 Å². The molecular formula is C31H37N7O2. The highest BCUT2D eigenvalue weighted by Crippen LogP contribution is 2.34. The summed E-state index contributed by atoms with van der Waals surface area (Å²) in [5, 5.41) is 21.6. The molecule has 1 aliphatic rings. The van der Waals surface area contributed by atoms with Gasteiger partial charge < -0.3 is 25.3 Å². The van der Waals surface area contributed by atoms with E-state index in [4.69, 9.17) is 15.1 Å². The third-order valence-corrected chi connectivity index (χ3v) is 7.04. The summed E-state index contributed by atoms with van der Waals surface area (Å²) in [4.78, 5) is 26.5. The number of nitriles is 1. The number of rotatable bonds is 9. The lowest BCUT2D eigenvalue weighted by atomic mass is 9.92. The van der Waals surface area contributed by atoms with E-state index in [1.165, 1.54) is 0 Å². The number of nitrogens with one attached hydrogen (secondary N) is 2. The highest BCUT2D eigenvalue weighted by Gasteiger charge is 2.24. The quantitative estimate of drug-likeness (QED) is 0.255. The van der Waals surface area contributed by atoms with Crippen molar-refractivity contribution in [3.05, 3.63) is 59.9 Å². The fraction of sp³-hybridized carbons (Fsp3) is 0.387. The van der Waals surface area contributed by atoms with E-state index < -0.39 is 5.97 Å². The molecule has 3 heterocycles. The monoisotopic (exact) mass is 539 g/mol. The topological polar surface area (TPSA) is 118 Å². The molecule has 9 nitrogen and oxygen atoms in total. The molecule has 1 fully saturated rings. The second-order valence-electron chi connectivity index (χ2n) is 10.4. The third-order valence-electron chi connectivity index (χ3n) is 7.04. The first-order valence-corrected chi connectivity index (χ1v) is 13.7. The van der Waals surface area contributed by atoms with Gasteiger partial charge in [0.05, 0.1) is 12.7 Å². The van der Waals surface area contributed by atoms with Crippen molar-refractivity contribution < 1.29 is 9.53 Å². The molecule has 1 aliphatic heterocycles. The molecule has 0 atom stereocenters. The summed E-state index contributed by atoms with van der Waals surface area (Å²) in [7, 11) is 3.94. The summed E-state index contributed by atoms with van der Waals surface area (Å²) in [6.07, 6.45) is 3.43. The number of nitrogens with zero attached hydrogens (tertiary/aromatic N) is 5. The maximum absolute atomic E-state index is 12.9. The standard InChI is InChI=1S/C31H37N7O2/c1-6-40-31(39)26-17-25(22-10-11-27(34-19-22)38-14-12-21(18-32)13-15-38)28(29(33)20(2)3)30(36-26)35-23-8-7-9-24(16-23)37(4)5/h7-11,16-17,19-21,33H,6,12-15H2,1-5H3,(H,35,36). The van der Waals surface area contributed by atoms with Crippen LogP contribution >= 0.6 is 0 Å². The first-order valence-electron chi connectivity index (χ1n) is 13.7. The number of piperidine rings is 1. The molecule has 0 unspecified atom stereocenters. The van der Waals surface area contributed by atoms with E-state index in [1.807, 2.05) is 69.2 Å². The number of hydrogen-bond donors (Lipinski definition) is 2. The fourth-order valence-corrected chi connectivity index (χ4v) is 4.70.